The molecule has 0 heterocycles. The van der Waals surface area contributed by atoms with Crippen LogP contribution in [0.1, 0.15) is 6.42 Å². The molecule has 0 spiro atoms. The third kappa shape index (κ3) is 3.90. The first kappa shape index (κ1) is 14.2. The molecule has 0 fully saturated rings. The molecule has 104 valence electrons. The Labute approximate surface area is 122 Å². The van der Waals surface area contributed by atoms with Gasteiger partial charge in [0.05, 0.1) is 29.4 Å². The number of nitrogen functional groups attached to an aromatic ring is 1. The fourth-order valence-electron chi connectivity index (χ4n) is 1.64. The first-order valence-corrected chi connectivity index (χ1v) is 6.56. The van der Waals surface area contributed by atoms with Gasteiger partial charge < -0.3 is 15.8 Å². The second-order valence-corrected chi connectivity index (χ2v) is 4.57. The Balaban J connectivity index is 1.82. The molecule has 20 heavy (non-hydrogen) atoms. The van der Waals surface area contributed by atoms with E-state index in [0.29, 0.717) is 22.1 Å². The molecule has 0 radical (unpaired) electrons. The summed E-state index contributed by atoms with van der Waals surface area (Å²) in [4.78, 5) is 11.8. The van der Waals surface area contributed by atoms with Gasteiger partial charge in [-0.25, -0.2) is 0 Å². The fraction of sp³-hybridized carbons (Fsp3) is 0.133. The van der Waals surface area contributed by atoms with Crippen LogP contribution in [0.2, 0.25) is 5.02 Å². The summed E-state index contributed by atoms with van der Waals surface area (Å²) in [6.45, 7) is 0.254. The molecule has 0 unspecified atom stereocenters. The van der Waals surface area contributed by atoms with Crippen LogP contribution in [0.4, 0.5) is 11.4 Å². The third-order valence-corrected chi connectivity index (χ3v) is 2.98. The summed E-state index contributed by atoms with van der Waals surface area (Å²) in [5.41, 5.74) is 6.89. The zero-order valence-corrected chi connectivity index (χ0v) is 11.6. The van der Waals surface area contributed by atoms with E-state index >= 15 is 0 Å². The van der Waals surface area contributed by atoms with Crippen LogP contribution < -0.4 is 15.8 Å². The molecule has 4 nitrogen and oxygen atoms in total. The first-order chi connectivity index (χ1) is 9.66. The van der Waals surface area contributed by atoms with E-state index in [1.54, 1.807) is 30.3 Å². The maximum absolute atomic E-state index is 11.8. The zero-order chi connectivity index (χ0) is 14.4. The Morgan fingerprint density at radius 3 is 2.60 bits per heavy atom. The van der Waals surface area contributed by atoms with Crippen molar-refractivity contribution in [3.05, 3.63) is 53.6 Å². The van der Waals surface area contributed by atoms with Crippen molar-refractivity contribution in [3.8, 4) is 5.75 Å². The number of hydrogen-bond donors (Lipinski definition) is 2. The van der Waals surface area contributed by atoms with E-state index in [1.807, 2.05) is 18.2 Å². The van der Waals surface area contributed by atoms with E-state index in [9.17, 15) is 4.79 Å². The van der Waals surface area contributed by atoms with Crippen molar-refractivity contribution in [2.75, 3.05) is 17.7 Å². The van der Waals surface area contributed by atoms with Crippen molar-refractivity contribution in [1.82, 2.24) is 0 Å². The lowest BCUT2D eigenvalue weighted by molar-refractivity contribution is -0.116. The Hall–Kier alpha value is -2.20. The van der Waals surface area contributed by atoms with Crippen LogP contribution in [0, 0.1) is 0 Å². The number of halogens is 1. The highest BCUT2D eigenvalue weighted by molar-refractivity contribution is 6.33. The normalized spacial score (nSPS) is 10.1. The largest absolute Gasteiger partial charge is 0.491 e. The highest BCUT2D eigenvalue weighted by atomic mass is 35.5. The van der Waals surface area contributed by atoms with E-state index in [1.165, 1.54) is 0 Å². The summed E-state index contributed by atoms with van der Waals surface area (Å²) in [5, 5.41) is 3.24. The number of nitrogens with one attached hydrogen (secondary N) is 1. The topological polar surface area (TPSA) is 64.3 Å². The number of ether oxygens (including phenoxy) is 1. The fourth-order valence-corrected chi connectivity index (χ4v) is 1.82. The lowest BCUT2D eigenvalue weighted by Crippen LogP contribution is -2.15. The Kier molecular flexibility index (Phi) is 4.85. The van der Waals surface area contributed by atoms with Gasteiger partial charge in [0.1, 0.15) is 5.75 Å². The van der Waals surface area contributed by atoms with E-state index in [4.69, 9.17) is 22.1 Å². The van der Waals surface area contributed by atoms with Gasteiger partial charge in [0.2, 0.25) is 5.91 Å². The van der Waals surface area contributed by atoms with Crippen LogP contribution in [0.25, 0.3) is 0 Å². The highest BCUT2D eigenvalue weighted by Crippen LogP contribution is 2.21. The van der Waals surface area contributed by atoms with Gasteiger partial charge in [-0.1, -0.05) is 35.9 Å². The summed E-state index contributed by atoms with van der Waals surface area (Å²) in [7, 11) is 0. The second kappa shape index (κ2) is 6.82. The lowest BCUT2D eigenvalue weighted by Gasteiger charge is -2.09. The van der Waals surface area contributed by atoms with Crippen molar-refractivity contribution in [3.63, 3.8) is 0 Å². The number of amides is 1. The zero-order valence-electron chi connectivity index (χ0n) is 10.8. The van der Waals surface area contributed by atoms with Gasteiger partial charge in [-0.15, -0.1) is 0 Å². The summed E-state index contributed by atoms with van der Waals surface area (Å²) in [5.74, 6) is 0.422. The summed E-state index contributed by atoms with van der Waals surface area (Å²) >= 11 is 5.96. The molecule has 0 atom stereocenters. The number of anilines is 2. The molecule has 0 bridgehead atoms. The smallest absolute Gasteiger partial charge is 0.227 e. The molecule has 2 aromatic carbocycles. The van der Waals surface area contributed by atoms with Gasteiger partial charge in [-0.2, -0.15) is 0 Å². The average molecular weight is 291 g/mol. The van der Waals surface area contributed by atoms with E-state index in [-0.39, 0.29) is 18.9 Å². The monoisotopic (exact) mass is 290 g/mol. The Morgan fingerprint density at radius 1 is 1.15 bits per heavy atom. The molecule has 0 saturated carbocycles. The minimum atomic E-state index is -0.160. The minimum Gasteiger partial charge on any atom is -0.491 e. The number of hydrogen-bond acceptors (Lipinski definition) is 3. The summed E-state index contributed by atoms with van der Waals surface area (Å²) in [6.07, 6.45) is 0.222. The standard InChI is InChI=1S/C15H15ClN2O2/c16-11-5-1-3-7-13(11)18-15(19)9-10-20-14-8-4-2-6-12(14)17/h1-8H,9-10,17H2,(H,18,19). The van der Waals surface area contributed by atoms with Gasteiger partial charge in [-0.3, -0.25) is 4.79 Å². The van der Waals surface area contributed by atoms with Gasteiger partial charge in [0.25, 0.3) is 0 Å². The molecular weight excluding hydrogens is 276 g/mol. The van der Waals surface area contributed by atoms with Gasteiger partial charge in [0, 0.05) is 0 Å². The van der Waals surface area contributed by atoms with Crippen LogP contribution >= 0.6 is 11.6 Å². The summed E-state index contributed by atoms with van der Waals surface area (Å²) < 4.78 is 5.46. The van der Waals surface area contributed by atoms with Crippen LogP contribution in [0.5, 0.6) is 5.75 Å². The number of carbonyl (C=O) groups excluding carboxylic acids is 1. The van der Waals surface area contributed by atoms with Crippen molar-refractivity contribution >= 4 is 28.9 Å². The highest BCUT2D eigenvalue weighted by Gasteiger charge is 2.06. The molecule has 2 rings (SSSR count). The maximum Gasteiger partial charge on any atom is 0.227 e. The van der Waals surface area contributed by atoms with Crippen LogP contribution in [0.3, 0.4) is 0 Å². The number of nitrogens with two attached hydrogens (primary N) is 1. The van der Waals surface area contributed by atoms with E-state index < -0.39 is 0 Å². The molecule has 0 aliphatic carbocycles. The van der Waals surface area contributed by atoms with Crippen molar-refractivity contribution in [2.24, 2.45) is 0 Å². The molecular formula is C15H15ClN2O2. The molecule has 0 saturated heterocycles. The van der Waals surface area contributed by atoms with Crippen LogP contribution in [-0.2, 0) is 4.79 Å². The van der Waals surface area contributed by atoms with Crippen LogP contribution in [0.15, 0.2) is 48.5 Å². The first-order valence-electron chi connectivity index (χ1n) is 6.18. The Morgan fingerprint density at radius 2 is 1.85 bits per heavy atom. The van der Waals surface area contributed by atoms with E-state index in [2.05, 4.69) is 5.32 Å². The average Bonchev–Trinajstić information content (AvgIpc) is 2.43. The van der Waals surface area contributed by atoms with Gasteiger partial charge in [-0.05, 0) is 24.3 Å². The molecule has 0 aliphatic heterocycles. The lowest BCUT2D eigenvalue weighted by atomic mass is 10.3. The molecule has 2 aromatic rings. The molecule has 3 N–H and O–H groups in total. The number of carbonyl (C=O) groups is 1. The number of benzene rings is 2. The maximum atomic E-state index is 11.8. The Bertz CT molecular complexity index is 602. The van der Waals surface area contributed by atoms with Crippen LogP contribution in [-0.4, -0.2) is 12.5 Å². The SMILES string of the molecule is Nc1ccccc1OCCC(=O)Nc1ccccc1Cl. The molecule has 0 aromatic heterocycles. The summed E-state index contributed by atoms with van der Waals surface area (Å²) in [6, 6.07) is 14.2. The van der Waals surface area contributed by atoms with Crippen molar-refractivity contribution < 1.29 is 9.53 Å². The van der Waals surface area contributed by atoms with Gasteiger partial charge >= 0.3 is 0 Å². The number of para-hydroxylation sites is 3. The van der Waals surface area contributed by atoms with Gasteiger partial charge in [0.15, 0.2) is 0 Å². The van der Waals surface area contributed by atoms with E-state index in [0.717, 1.165) is 0 Å². The minimum absolute atomic E-state index is 0.160. The number of rotatable bonds is 5. The van der Waals surface area contributed by atoms with Crippen molar-refractivity contribution in [2.45, 2.75) is 6.42 Å². The molecule has 0 aliphatic rings. The predicted molar refractivity (Wildman–Crippen MR) is 81.0 cm³/mol. The predicted octanol–water partition coefficient (Wildman–Crippen LogP) is 3.33. The third-order valence-electron chi connectivity index (χ3n) is 2.65. The molecule has 5 heteroatoms. The second-order valence-electron chi connectivity index (χ2n) is 4.16. The molecule has 1 amide bonds. The van der Waals surface area contributed by atoms with Crippen molar-refractivity contribution in [1.29, 1.82) is 0 Å². The quantitative estimate of drug-likeness (QED) is 0.830.